The zero-order valence-electron chi connectivity index (χ0n) is 9.70. The van der Waals surface area contributed by atoms with Gasteiger partial charge in [-0.3, -0.25) is 4.79 Å². The molecule has 16 heavy (non-hydrogen) atoms. The molecule has 2 atom stereocenters. The highest BCUT2D eigenvalue weighted by Gasteiger charge is 2.46. The first-order valence-electron chi connectivity index (χ1n) is 5.82. The molecule has 2 rings (SSSR count). The highest BCUT2D eigenvalue weighted by atomic mass is 35.5. The third-order valence-electron chi connectivity index (χ3n) is 3.26. The number of halogens is 1. The van der Waals surface area contributed by atoms with E-state index in [0.717, 1.165) is 38.7 Å². The van der Waals surface area contributed by atoms with Crippen LogP contribution in [0.4, 0.5) is 0 Å². The van der Waals surface area contributed by atoms with E-state index in [1.165, 1.54) is 0 Å². The summed E-state index contributed by atoms with van der Waals surface area (Å²) in [7, 11) is 0. The van der Waals surface area contributed by atoms with Gasteiger partial charge in [0.25, 0.3) is 0 Å². The number of nitrogens with two attached hydrogens (primary N) is 1. The van der Waals surface area contributed by atoms with Gasteiger partial charge >= 0.3 is 0 Å². The van der Waals surface area contributed by atoms with Gasteiger partial charge in [0.2, 0.25) is 5.91 Å². The van der Waals surface area contributed by atoms with Crippen LogP contribution in [0.15, 0.2) is 0 Å². The Bertz CT molecular complexity index is 250. The minimum atomic E-state index is -0.551. The molecule has 0 aromatic heterocycles. The third kappa shape index (κ3) is 3.34. The normalized spacial score (nSPS) is 28.0. The van der Waals surface area contributed by atoms with Crippen molar-refractivity contribution in [1.82, 2.24) is 5.32 Å². The Balaban J connectivity index is 0.00000128. The Morgan fingerprint density at radius 2 is 2.31 bits per heavy atom. The minimum absolute atomic E-state index is 0. The number of hydrogen-bond acceptors (Lipinski definition) is 3. The molecule has 2 unspecified atom stereocenters. The molecular formula is C11H21ClN2O2. The van der Waals surface area contributed by atoms with Gasteiger partial charge in [0.1, 0.15) is 0 Å². The lowest BCUT2D eigenvalue weighted by Crippen LogP contribution is -2.47. The summed E-state index contributed by atoms with van der Waals surface area (Å²) in [5.41, 5.74) is 5.25. The van der Waals surface area contributed by atoms with Gasteiger partial charge in [-0.1, -0.05) is 0 Å². The van der Waals surface area contributed by atoms with Crippen molar-refractivity contribution in [2.75, 3.05) is 6.61 Å². The summed E-state index contributed by atoms with van der Waals surface area (Å²) >= 11 is 0. The van der Waals surface area contributed by atoms with Crippen molar-refractivity contribution in [1.29, 1.82) is 0 Å². The maximum atomic E-state index is 11.6. The average molecular weight is 249 g/mol. The summed E-state index contributed by atoms with van der Waals surface area (Å²) in [5, 5.41) is 2.97. The van der Waals surface area contributed by atoms with Gasteiger partial charge in [-0.2, -0.15) is 0 Å². The monoisotopic (exact) mass is 248 g/mol. The number of carbonyl (C=O) groups is 1. The Kier molecular flexibility index (Phi) is 4.59. The molecular weight excluding hydrogens is 228 g/mol. The summed E-state index contributed by atoms with van der Waals surface area (Å²) in [4.78, 5) is 11.6. The number of hydrogen-bond donors (Lipinski definition) is 2. The highest BCUT2D eigenvalue weighted by Crippen LogP contribution is 2.32. The van der Waals surface area contributed by atoms with E-state index < -0.39 is 5.54 Å². The fourth-order valence-electron chi connectivity index (χ4n) is 2.01. The molecule has 94 valence electrons. The molecule has 5 heteroatoms. The van der Waals surface area contributed by atoms with Crippen molar-refractivity contribution >= 4 is 18.3 Å². The van der Waals surface area contributed by atoms with E-state index in [0.29, 0.717) is 6.10 Å². The maximum absolute atomic E-state index is 11.6. The SMILES string of the molecule is CC(CC1CCCO1)NC(=O)C1(N)CC1.Cl. The van der Waals surface area contributed by atoms with Gasteiger partial charge in [-0.05, 0) is 39.0 Å². The van der Waals surface area contributed by atoms with Gasteiger partial charge in [-0.25, -0.2) is 0 Å². The average Bonchev–Trinajstić information content (AvgIpc) is 2.74. The molecule has 0 radical (unpaired) electrons. The second-order valence-corrected chi connectivity index (χ2v) is 4.90. The summed E-state index contributed by atoms with van der Waals surface area (Å²) in [6.45, 7) is 2.89. The van der Waals surface area contributed by atoms with Crippen LogP contribution in [-0.2, 0) is 9.53 Å². The lowest BCUT2D eigenvalue weighted by atomic mass is 10.1. The van der Waals surface area contributed by atoms with Gasteiger partial charge in [0.05, 0.1) is 11.6 Å². The molecule has 1 heterocycles. The van der Waals surface area contributed by atoms with Crippen molar-refractivity contribution in [3.63, 3.8) is 0 Å². The number of ether oxygens (including phenoxy) is 1. The van der Waals surface area contributed by atoms with Crippen LogP contribution in [0.5, 0.6) is 0 Å². The Hall–Kier alpha value is -0.320. The quantitative estimate of drug-likeness (QED) is 0.779. The van der Waals surface area contributed by atoms with E-state index in [-0.39, 0.29) is 24.4 Å². The molecule has 0 spiro atoms. The smallest absolute Gasteiger partial charge is 0.240 e. The molecule has 3 N–H and O–H groups in total. The lowest BCUT2D eigenvalue weighted by Gasteiger charge is -2.19. The van der Waals surface area contributed by atoms with Crippen molar-refractivity contribution in [2.24, 2.45) is 5.73 Å². The molecule has 2 aliphatic rings. The molecule has 0 bridgehead atoms. The zero-order chi connectivity index (χ0) is 10.9. The van der Waals surface area contributed by atoms with Crippen molar-refractivity contribution < 1.29 is 9.53 Å². The van der Waals surface area contributed by atoms with Crippen LogP contribution in [0.1, 0.15) is 39.0 Å². The van der Waals surface area contributed by atoms with Crippen LogP contribution in [-0.4, -0.2) is 30.2 Å². The topological polar surface area (TPSA) is 64.3 Å². The summed E-state index contributed by atoms with van der Waals surface area (Å²) in [6.07, 6.45) is 5.15. The van der Waals surface area contributed by atoms with Gasteiger partial charge in [-0.15, -0.1) is 12.4 Å². The van der Waals surface area contributed by atoms with Crippen LogP contribution < -0.4 is 11.1 Å². The first kappa shape index (κ1) is 13.7. The second-order valence-electron chi connectivity index (χ2n) is 4.90. The molecule has 1 aliphatic carbocycles. The molecule has 4 nitrogen and oxygen atoms in total. The first-order chi connectivity index (χ1) is 7.10. The molecule has 0 aromatic rings. The van der Waals surface area contributed by atoms with Gasteiger partial charge < -0.3 is 15.8 Å². The van der Waals surface area contributed by atoms with E-state index in [1.807, 2.05) is 6.92 Å². The van der Waals surface area contributed by atoms with Crippen LogP contribution in [0.3, 0.4) is 0 Å². The fraction of sp³-hybridized carbons (Fsp3) is 0.909. The second kappa shape index (κ2) is 5.34. The number of amides is 1. The lowest BCUT2D eigenvalue weighted by molar-refractivity contribution is -0.124. The maximum Gasteiger partial charge on any atom is 0.240 e. The Morgan fingerprint density at radius 1 is 1.62 bits per heavy atom. The minimum Gasteiger partial charge on any atom is -0.378 e. The van der Waals surface area contributed by atoms with E-state index in [2.05, 4.69) is 5.32 Å². The molecule has 1 saturated carbocycles. The van der Waals surface area contributed by atoms with Crippen molar-refractivity contribution in [3.05, 3.63) is 0 Å². The number of carbonyl (C=O) groups excluding carboxylic acids is 1. The molecule has 1 aliphatic heterocycles. The number of rotatable bonds is 4. The van der Waals surface area contributed by atoms with E-state index in [9.17, 15) is 4.79 Å². The van der Waals surface area contributed by atoms with E-state index in [1.54, 1.807) is 0 Å². The predicted octanol–water partition coefficient (Wildman–Crippen LogP) is 0.973. The Morgan fingerprint density at radius 3 is 2.81 bits per heavy atom. The van der Waals surface area contributed by atoms with Crippen LogP contribution in [0, 0.1) is 0 Å². The van der Waals surface area contributed by atoms with Crippen LogP contribution in [0.25, 0.3) is 0 Å². The zero-order valence-corrected chi connectivity index (χ0v) is 10.5. The fourth-order valence-corrected chi connectivity index (χ4v) is 2.01. The molecule has 0 aromatic carbocycles. The molecule has 1 amide bonds. The predicted molar refractivity (Wildman–Crippen MR) is 64.6 cm³/mol. The highest BCUT2D eigenvalue weighted by molar-refractivity contribution is 5.89. The Labute approximate surface area is 103 Å². The summed E-state index contributed by atoms with van der Waals surface area (Å²) in [5.74, 6) is 0.00740. The summed E-state index contributed by atoms with van der Waals surface area (Å²) < 4.78 is 5.52. The van der Waals surface area contributed by atoms with Crippen LogP contribution in [0.2, 0.25) is 0 Å². The van der Waals surface area contributed by atoms with E-state index >= 15 is 0 Å². The largest absolute Gasteiger partial charge is 0.378 e. The summed E-state index contributed by atoms with van der Waals surface area (Å²) in [6, 6.07) is 0.168. The third-order valence-corrected chi connectivity index (χ3v) is 3.26. The number of nitrogens with one attached hydrogen (secondary N) is 1. The van der Waals surface area contributed by atoms with Crippen molar-refractivity contribution in [3.8, 4) is 0 Å². The van der Waals surface area contributed by atoms with Crippen LogP contribution >= 0.6 is 12.4 Å². The van der Waals surface area contributed by atoms with Crippen molar-refractivity contribution in [2.45, 2.75) is 56.7 Å². The molecule has 2 fully saturated rings. The standard InChI is InChI=1S/C11H20N2O2.ClH/c1-8(7-9-3-2-6-15-9)13-10(14)11(12)4-5-11;/h8-9H,2-7,12H2,1H3,(H,13,14);1H. The van der Waals surface area contributed by atoms with E-state index in [4.69, 9.17) is 10.5 Å². The van der Waals surface area contributed by atoms with Gasteiger partial charge in [0, 0.05) is 12.6 Å². The molecule has 1 saturated heterocycles. The van der Waals surface area contributed by atoms with Gasteiger partial charge in [0.15, 0.2) is 0 Å². The first-order valence-corrected chi connectivity index (χ1v) is 5.82.